The summed E-state index contributed by atoms with van der Waals surface area (Å²) in [5.74, 6) is -0.255. The van der Waals surface area contributed by atoms with E-state index >= 15 is 0 Å². The summed E-state index contributed by atoms with van der Waals surface area (Å²) in [5.41, 5.74) is 5.01. The van der Waals surface area contributed by atoms with E-state index in [1.165, 1.54) is 0 Å². The highest BCUT2D eigenvalue weighted by molar-refractivity contribution is 6.04. The number of H-pyrrole nitrogens is 2. The van der Waals surface area contributed by atoms with Crippen molar-refractivity contribution in [2.75, 3.05) is 11.9 Å². The van der Waals surface area contributed by atoms with Crippen LogP contribution in [-0.2, 0) is 0 Å². The molecule has 0 aliphatic carbocycles. The first-order valence-corrected chi connectivity index (χ1v) is 8.82. The lowest BCUT2D eigenvalue weighted by molar-refractivity contribution is 0.102. The van der Waals surface area contributed by atoms with E-state index in [1.807, 2.05) is 32.9 Å². The number of carbonyl (C=O) groups is 1. The van der Waals surface area contributed by atoms with Gasteiger partial charge in [0.1, 0.15) is 11.3 Å². The van der Waals surface area contributed by atoms with Crippen molar-refractivity contribution in [2.45, 2.75) is 20.8 Å². The molecule has 0 unspecified atom stereocenters. The van der Waals surface area contributed by atoms with Gasteiger partial charge in [0.05, 0.1) is 29.9 Å². The molecule has 3 N–H and O–H groups in total. The molecule has 28 heavy (non-hydrogen) atoms. The Bertz CT molecular complexity index is 1150. The molecule has 0 aromatic carbocycles. The Morgan fingerprint density at radius 2 is 1.93 bits per heavy atom. The molecule has 0 aliphatic rings. The van der Waals surface area contributed by atoms with Crippen molar-refractivity contribution < 1.29 is 9.53 Å². The van der Waals surface area contributed by atoms with Crippen molar-refractivity contribution in [3.8, 4) is 17.3 Å². The molecule has 142 valence electrons. The maximum absolute atomic E-state index is 12.4. The van der Waals surface area contributed by atoms with Crippen LogP contribution in [-0.4, -0.2) is 42.6 Å². The lowest BCUT2D eigenvalue weighted by Gasteiger charge is -2.04. The van der Waals surface area contributed by atoms with Crippen LogP contribution in [0.2, 0.25) is 0 Å². The van der Waals surface area contributed by atoms with E-state index in [2.05, 4.69) is 35.5 Å². The van der Waals surface area contributed by atoms with Gasteiger partial charge in [0.2, 0.25) is 0 Å². The molecular formula is C19H19N7O2. The van der Waals surface area contributed by atoms with Gasteiger partial charge in [-0.1, -0.05) is 0 Å². The minimum atomic E-state index is -0.255. The quantitative estimate of drug-likeness (QED) is 0.491. The van der Waals surface area contributed by atoms with Gasteiger partial charge < -0.3 is 15.0 Å². The Morgan fingerprint density at radius 3 is 2.61 bits per heavy atom. The fraction of sp³-hybridized carbons (Fsp3) is 0.211. The van der Waals surface area contributed by atoms with Crippen molar-refractivity contribution in [3.05, 3.63) is 47.7 Å². The summed E-state index contributed by atoms with van der Waals surface area (Å²) < 4.78 is 5.26. The molecule has 4 aromatic rings. The first-order chi connectivity index (χ1) is 13.5. The van der Waals surface area contributed by atoms with Gasteiger partial charge in [-0.15, -0.1) is 0 Å². The number of hydrogen-bond acceptors (Lipinski definition) is 6. The van der Waals surface area contributed by atoms with Crippen LogP contribution in [0, 0.1) is 13.8 Å². The number of aryl methyl sites for hydroxylation is 1. The van der Waals surface area contributed by atoms with Crippen molar-refractivity contribution in [2.24, 2.45) is 0 Å². The average molecular weight is 377 g/mol. The molecule has 0 atom stereocenters. The summed E-state index contributed by atoms with van der Waals surface area (Å²) in [6, 6.07) is 4.13. The predicted molar refractivity (Wildman–Crippen MR) is 104 cm³/mol. The molecule has 0 spiro atoms. The number of fused-ring (bicyclic) bond motifs is 1. The van der Waals surface area contributed by atoms with Crippen LogP contribution in [0.15, 0.2) is 30.7 Å². The summed E-state index contributed by atoms with van der Waals surface area (Å²) in [6.45, 7) is 6.10. The number of hydrogen-bond donors (Lipinski definition) is 3. The number of aromatic nitrogens is 6. The molecule has 4 heterocycles. The largest absolute Gasteiger partial charge is 0.464 e. The summed E-state index contributed by atoms with van der Waals surface area (Å²) >= 11 is 0. The fourth-order valence-electron chi connectivity index (χ4n) is 2.80. The number of carbonyl (C=O) groups excluding carboxylic acids is 1. The molecule has 0 radical (unpaired) electrons. The predicted octanol–water partition coefficient (Wildman–Crippen LogP) is 3.01. The number of ether oxygens (including phenoxy) is 1. The zero-order valence-electron chi connectivity index (χ0n) is 15.7. The highest BCUT2D eigenvalue weighted by Crippen LogP contribution is 2.25. The van der Waals surface area contributed by atoms with Crippen molar-refractivity contribution >= 4 is 22.6 Å². The number of nitrogens with zero attached hydrogens (tertiary/aromatic N) is 4. The summed E-state index contributed by atoms with van der Waals surface area (Å²) in [6.07, 6.45) is 4.98. The zero-order valence-corrected chi connectivity index (χ0v) is 15.7. The molecule has 1 amide bonds. The van der Waals surface area contributed by atoms with Crippen LogP contribution in [0.3, 0.4) is 0 Å². The Balaban J connectivity index is 1.57. The summed E-state index contributed by atoms with van der Waals surface area (Å²) in [4.78, 5) is 28.4. The van der Waals surface area contributed by atoms with Crippen LogP contribution < -0.4 is 10.1 Å². The second-order valence-corrected chi connectivity index (χ2v) is 6.30. The summed E-state index contributed by atoms with van der Waals surface area (Å²) in [7, 11) is 0. The molecule has 0 fully saturated rings. The molecule has 4 aromatic heterocycles. The standard InChI is InChI=1S/C19H19N7O2/c1-4-28-19-21-7-13(8-22-19)15-6-12-5-14(9-20-17(12)24-15)23-18(27)16-10(2)11(3)25-26-16/h5-9H,4H2,1-3H3,(H,20,24)(H,23,27)(H,25,26). The molecule has 9 nitrogen and oxygen atoms in total. The minimum Gasteiger partial charge on any atom is -0.464 e. The van der Waals surface area contributed by atoms with Gasteiger partial charge >= 0.3 is 6.01 Å². The molecule has 0 saturated carbocycles. The number of anilines is 1. The van der Waals surface area contributed by atoms with Gasteiger partial charge in [0.15, 0.2) is 0 Å². The van der Waals surface area contributed by atoms with E-state index in [1.54, 1.807) is 18.6 Å². The third-order valence-corrected chi connectivity index (χ3v) is 4.42. The van der Waals surface area contributed by atoms with Gasteiger partial charge in [-0.25, -0.2) is 15.0 Å². The van der Waals surface area contributed by atoms with Gasteiger partial charge in [-0.3, -0.25) is 9.89 Å². The zero-order chi connectivity index (χ0) is 19.7. The Kier molecular flexibility index (Phi) is 4.48. The molecule has 4 rings (SSSR count). The van der Waals surface area contributed by atoms with Crippen molar-refractivity contribution in [1.82, 2.24) is 30.1 Å². The number of pyridine rings is 1. The molecule has 9 heteroatoms. The highest BCUT2D eigenvalue weighted by atomic mass is 16.5. The molecule has 0 saturated heterocycles. The van der Waals surface area contributed by atoms with Gasteiger partial charge in [-0.05, 0) is 32.9 Å². The second kappa shape index (κ2) is 7.10. The normalized spacial score (nSPS) is 11.0. The van der Waals surface area contributed by atoms with E-state index < -0.39 is 0 Å². The monoisotopic (exact) mass is 377 g/mol. The average Bonchev–Trinajstić information content (AvgIpc) is 3.26. The molecule has 0 bridgehead atoms. The van der Waals surface area contributed by atoms with E-state index in [0.717, 1.165) is 27.9 Å². The maximum Gasteiger partial charge on any atom is 0.316 e. The first-order valence-electron chi connectivity index (χ1n) is 8.82. The second-order valence-electron chi connectivity index (χ2n) is 6.30. The van der Waals surface area contributed by atoms with Gasteiger partial charge in [-0.2, -0.15) is 5.10 Å². The minimum absolute atomic E-state index is 0.255. The Labute approximate surface area is 160 Å². The number of aromatic amines is 2. The van der Waals surface area contributed by atoms with Crippen molar-refractivity contribution in [3.63, 3.8) is 0 Å². The molecular weight excluding hydrogens is 358 g/mol. The van der Waals surface area contributed by atoms with Crippen LogP contribution in [0.1, 0.15) is 28.7 Å². The van der Waals surface area contributed by atoms with E-state index in [-0.39, 0.29) is 5.91 Å². The van der Waals surface area contributed by atoms with E-state index in [0.29, 0.717) is 29.6 Å². The van der Waals surface area contributed by atoms with Crippen LogP contribution in [0.4, 0.5) is 5.69 Å². The highest BCUT2D eigenvalue weighted by Gasteiger charge is 2.14. The number of amides is 1. The smallest absolute Gasteiger partial charge is 0.316 e. The van der Waals surface area contributed by atoms with E-state index in [4.69, 9.17) is 4.74 Å². The summed E-state index contributed by atoms with van der Waals surface area (Å²) in [5, 5.41) is 10.5. The fourth-order valence-corrected chi connectivity index (χ4v) is 2.80. The third-order valence-electron chi connectivity index (χ3n) is 4.42. The van der Waals surface area contributed by atoms with Crippen molar-refractivity contribution in [1.29, 1.82) is 0 Å². The van der Waals surface area contributed by atoms with Gasteiger partial charge in [0, 0.05) is 28.9 Å². The first kappa shape index (κ1) is 17.7. The Morgan fingerprint density at radius 1 is 1.14 bits per heavy atom. The topological polar surface area (TPSA) is 121 Å². The lowest BCUT2D eigenvalue weighted by atomic mass is 10.2. The third kappa shape index (κ3) is 3.29. The SMILES string of the molecule is CCOc1ncc(-c2cc3cc(NC(=O)c4[nH]nc(C)c4C)cnc3[nH]2)cn1. The van der Waals surface area contributed by atoms with Crippen LogP contribution in [0.5, 0.6) is 6.01 Å². The maximum atomic E-state index is 12.4. The van der Waals surface area contributed by atoms with Crippen LogP contribution >= 0.6 is 0 Å². The number of nitrogens with one attached hydrogen (secondary N) is 3. The lowest BCUT2D eigenvalue weighted by Crippen LogP contribution is -2.13. The van der Waals surface area contributed by atoms with E-state index in [9.17, 15) is 4.79 Å². The molecule has 0 aliphatic heterocycles. The van der Waals surface area contributed by atoms with Crippen LogP contribution in [0.25, 0.3) is 22.3 Å². The number of rotatable bonds is 5. The van der Waals surface area contributed by atoms with Gasteiger partial charge in [0.25, 0.3) is 5.91 Å². The Hall–Kier alpha value is -3.75.